The van der Waals surface area contributed by atoms with Gasteiger partial charge >= 0.3 is 0 Å². The van der Waals surface area contributed by atoms with E-state index in [4.69, 9.17) is 4.84 Å². The van der Waals surface area contributed by atoms with Gasteiger partial charge in [-0.15, -0.1) is 0 Å². The molecule has 0 radical (unpaired) electrons. The first kappa shape index (κ1) is 12.2. The summed E-state index contributed by atoms with van der Waals surface area (Å²) in [6, 6.07) is 11.1. The van der Waals surface area contributed by atoms with E-state index >= 15 is 0 Å². The molecule has 0 atom stereocenters. The van der Waals surface area contributed by atoms with Crippen molar-refractivity contribution in [3.8, 4) is 0 Å². The van der Waals surface area contributed by atoms with Crippen molar-refractivity contribution in [1.82, 2.24) is 15.4 Å². The lowest BCUT2D eigenvalue weighted by Crippen LogP contribution is -2.24. The van der Waals surface area contributed by atoms with Gasteiger partial charge in [-0.2, -0.15) is 0 Å². The summed E-state index contributed by atoms with van der Waals surface area (Å²) in [6.45, 7) is 2.04. The van der Waals surface area contributed by atoms with E-state index < -0.39 is 0 Å². The third kappa shape index (κ3) is 3.36. The summed E-state index contributed by atoms with van der Waals surface area (Å²) in [5.41, 5.74) is 3.62. The van der Waals surface area contributed by atoms with E-state index in [2.05, 4.69) is 15.4 Å². The average molecular weight is 243 g/mol. The molecule has 0 bridgehead atoms. The number of nitrogens with zero attached hydrogens (tertiary/aromatic N) is 2. The number of amides is 1. The third-order valence-corrected chi connectivity index (χ3v) is 2.26. The van der Waals surface area contributed by atoms with Crippen LogP contribution in [0.25, 0.3) is 0 Å². The Bertz CT molecular complexity index is 529. The summed E-state index contributed by atoms with van der Waals surface area (Å²) in [7, 11) is 0. The van der Waals surface area contributed by atoms with Crippen molar-refractivity contribution < 1.29 is 9.63 Å². The molecule has 0 aliphatic heterocycles. The second-order valence-corrected chi connectivity index (χ2v) is 3.69. The van der Waals surface area contributed by atoms with Crippen molar-refractivity contribution >= 4 is 5.91 Å². The lowest BCUT2D eigenvalue weighted by molar-refractivity contribution is 0.0229. The summed E-state index contributed by atoms with van der Waals surface area (Å²) in [5, 5.41) is 0. The SMILES string of the molecule is Cc1nccc(C(=O)NOCc2ccccc2)n1. The monoisotopic (exact) mass is 243 g/mol. The first-order valence-corrected chi connectivity index (χ1v) is 5.51. The van der Waals surface area contributed by atoms with Crippen LogP contribution in [0.1, 0.15) is 21.9 Å². The number of benzene rings is 1. The molecule has 2 rings (SSSR count). The zero-order valence-electron chi connectivity index (χ0n) is 9.96. The second-order valence-electron chi connectivity index (χ2n) is 3.69. The maximum absolute atomic E-state index is 11.7. The Balaban J connectivity index is 1.86. The number of hydroxylamine groups is 1. The molecule has 0 spiro atoms. The highest BCUT2D eigenvalue weighted by Gasteiger charge is 2.07. The van der Waals surface area contributed by atoms with Crippen molar-refractivity contribution in [2.45, 2.75) is 13.5 Å². The number of hydrogen-bond donors (Lipinski definition) is 1. The molecule has 0 saturated heterocycles. The van der Waals surface area contributed by atoms with Gasteiger partial charge in [-0.05, 0) is 18.6 Å². The zero-order valence-corrected chi connectivity index (χ0v) is 9.96. The number of carbonyl (C=O) groups is 1. The Morgan fingerprint density at radius 3 is 2.78 bits per heavy atom. The first-order valence-electron chi connectivity index (χ1n) is 5.51. The van der Waals surface area contributed by atoms with E-state index in [0.717, 1.165) is 5.56 Å². The number of aryl methyl sites for hydroxylation is 1. The molecule has 0 fully saturated rings. The van der Waals surface area contributed by atoms with Gasteiger partial charge in [-0.1, -0.05) is 30.3 Å². The molecule has 18 heavy (non-hydrogen) atoms. The molecule has 1 aromatic heterocycles. The van der Waals surface area contributed by atoms with E-state index in [1.165, 1.54) is 12.3 Å². The minimum absolute atomic E-state index is 0.288. The van der Waals surface area contributed by atoms with Crippen molar-refractivity contribution in [3.05, 3.63) is 59.7 Å². The Labute approximate surface area is 105 Å². The molecule has 5 heteroatoms. The molecule has 1 aromatic carbocycles. The second kappa shape index (κ2) is 5.88. The fourth-order valence-corrected chi connectivity index (χ4v) is 1.39. The largest absolute Gasteiger partial charge is 0.293 e. The lowest BCUT2D eigenvalue weighted by atomic mass is 10.2. The predicted octanol–water partition coefficient (Wildman–Crippen LogP) is 1.65. The number of aromatic nitrogens is 2. The molecule has 0 saturated carbocycles. The van der Waals surface area contributed by atoms with Crippen LogP contribution in [0.4, 0.5) is 0 Å². The topological polar surface area (TPSA) is 64.1 Å². The molecule has 1 heterocycles. The maximum Gasteiger partial charge on any atom is 0.293 e. The van der Waals surface area contributed by atoms with E-state index in [1.54, 1.807) is 6.92 Å². The average Bonchev–Trinajstić information content (AvgIpc) is 2.40. The van der Waals surface area contributed by atoms with Crippen molar-refractivity contribution in [3.63, 3.8) is 0 Å². The van der Waals surface area contributed by atoms with Gasteiger partial charge in [-0.3, -0.25) is 9.63 Å². The molecule has 0 unspecified atom stereocenters. The predicted molar refractivity (Wildman–Crippen MR) is 65.5 cm³/mol. The van der Waals surface area contributed by atoms with E-state index in [0.29, 0.717) is 12.4 Å². The van der Waals surface area contributed by atoms with E-state index in [-0.39, 0.29) is 11.6 Å². The fraction of sp³-hybridized carbons (Fsp3) is 0.154. The number of carbonyl (C=O) groups excluding carboxylic acids is 1. The molecule has 92 valence electrons. The van der Waals surface area contributed by atoms with Gasteiger partial charge in [0.15, 0.2) is 0 Å². The van der Waals surface area contributed by atoms with Crippen LogP contribution in [0.5, 0.6) is 0 Å². The van der Waals surface area contributed by atoms with Crippen LogP contribution in [0.3, 0.4) is 0 Å². The molecule has 0 aliphatic rings. The van der Waals surface area contributed by atoms with Crippen LogP contribution in [0.15, 0.2) is 42.6 Å². The van der Waals surface area contributed by atoms with Crippen LogP contribution >= 0.6 is 0 Å². The van der Waals surface area contributed by atoms with E-state index in [1.807, 2.05) is 30.3 Å². The van der Waals surface area contributed by atoms with Gasteiger partial charge in [0.2, 0.25) is 0 Å². The quantitative estimate of drug-likeness (QED) is 0.829. The Hall–Kier alpha value is -2.27. The maximum atomic E-state index is 11.7. The van der Waals surface area contributed by atoms with Crippen LogP contribution in [0, 0.1) is 6.92 Å². The first-order chi connectivity index (χ1) is 8.75. The minimum atomic E-state index is -0.378. The van der Waals surface area contributed by atoms with Gasteiger partial charge in [0.1, 0.15) is 11.5 Å². The Morgan fingerprint density at radius 1 is 1.28 bits per heavy atom. The normalized spacial score (nSPS) is 10.1. The minimum Gasteiger partial charge on any atom is -0.269 e. The molecule has 1 N–H and O–H groups in total. The van der Waals surface area contributed by atoms with Crippen molar-refractivity contribution in [1.29, 1.82) is 0 Å². The molecule has 1 amide bonds. The highest BCUT2D eigenvalue weighted by Crippen LogP contribution is 2.00. The number of nitrogens with one attached hydrogen (secondary N) is 1. The fourth-order valence-electron chi connectivity index (χ4n) is 1.39. The van der Waals surface area contributed by atoms with Crippen LogP contribution in [-0.4, -0.2) is 15.9 Å². The molecular formula is C13H13N3O2. The van der Waals surface area contributed by atoms with Gasteiger partial charge in [-0.25, -0.2) is 15.4 Å². The summed E-state index contributed by atoms with van der Waals surface area (Å²) < 4.78 is 0. The lowest BCUT2D eigenvalue weighted by Gasteiger charge is -2.05. The third-order valence-electron chi connectivity index (χ3n) is 2.26. The smallest absolute Gasteiger partial charge is 0.269 e. The van der Waals surface area contributed by atoms with Crippen LogP contribution < -0.4 is 5.48 Å². The highest BCUT2D eigenvalue weighted by atomic mass is 16.6. The van der Waals surface area contributed by atoms with Gasteiger partial charge < -0.3 is 0 Å². The van der Waals surface area contributed by atoms with Crippen LogP contribution in [0.2, 0.25) is 0 Å². The number of rotatable bonds is 4. The van der Waals surface area contributed by atoms with E-state index in [9.17, 15) is 4.79 Å². The Morgan fingerprint density at radius 2 is 2.06 bits per heavy atom. The molecule has 5 nitrogen and oxygen atoms in total. The standard InChI is InChI=1S/C13H13N3O2/c1-10-14-8-7-12(15-10)13(17)16-18-9-11-5-3-2-4-6-11/h2-8H,9H2,1H3,(H,16,17). The summed E-state index contributed by atoms with van der Waals surface area (Å²) in [5.74, 6) is 0.169. The molecule has 2 aromatic rings. The highest BCUT2D eigenvalue weighted by molar-refractivity contribution is 5.91. The van der Waals surface area contributed by atoms with Crippen LogP contribution in [-0.2, 0) is 11.4 Å². The number of hydrogen-bond acceptors (Lipinski definition) is 4. The zero-order chi connectivity index (χ0) is 12.8. The van der Waals surface area contributed by atoms with Gasteiger partial charge in [0.05, 0.1) is 6.61 Å². The summed E-state index contributed by atoms with van der Waals surface area (Å²) in [4.78, 5) is 24.7. The molecule has 0 aliphatic carbocycles. The summed E-state index contributed by atoms with van der Waals surface area (Å²) >= 11 is 0. The summed E-state index contributed by atoms with van der Waals surface area (Å²) in [6.07, 6.45) is 1.54. The van der Waals surface area contributed by atoms with Gasteiger partial charge in [0, 0.05) is 6.20 Å². The molecular weight excluding hydrogens is 230 g/mol. The Kier molecular flexibility index (Phi) is 3.98. The van der Waals surface area contributed by atoms with Crippen molar-refractivity contribution in [2.24, 2.45) is 0 Å². The van der Waals surface area contributed by atoms with Gasteiger partial charge in [0.25, 0.3) is 5.91 Å². The van der Waals surface area contributed by atoms with Crippen molar-refractivity contribution in [2.75, 3.05) is 0 Å².